The summed E-state index contributed by atoms with van der Waals surface area (Å²) in [5, 5.41) is 10.7. The molecule has 0 aliphatic rings. The van der Waals surface area contributed by atoms with Crippen LogP contribution in [-0.4, -0.2) is 68.6 Å². The number of halogens is 3. The average molecular weight is 258 g/mol. The van der Waals surface area contributed by atoms with Gasteiger partial charge in [-0.3, -0.25) is 4.79 Å². The van der Waals surface area contributed by atoms with E-state index in [2.05, 4.69) is 0 Å². The third kappa shape index (κ3) is 8.90. The van der Waals surface area contributed by atoms with Gasteiger partial charge in [-0.05, 0) is 0 Å². The zero-order valence-corrected chi connectivity index (χ0v) is 9.59. The van der Waals surface area contributed by atoms with Crippen LogP contribution in [0.4, 0.5) is 13.2 Å². The number of ether oxygens (including phenoxy) is 1. The summed E-state index contributed by atoms with van der Waals surface area (Å²) in [6.07, 6.45) is -4.34. The Morgan fingerprint density at radius 2 is 2.06 bits per heavy atom. The molecular weight excluding hydrogens is 241 g/mol. The molecule has 1 amide bonds. The highest BCUT2D eigenvalue weighted by molar-refractivity contribution is 5.78. The molecule has 0 saturated carbocycles. The van der Waals surface area contributed by atoms with Gasteiger partial charge in [0.1, 0.15) is 0 Å². The largest absolute Gasteiger partial charge is 0.401 e. The lowest BCUT2D eigenvalue weighted by atomic mass is 10.4. The molecule has 5 nitrogen and oxygen atoms in total. The van der Waals surface area contributed by atoms with Crippen molar-refractivity contribution in [3.05, 3.63) is 0 Å². The molecule has 0 spiro atoms. The predicted octanol–water partition coefficient (Wildman–Crippen LogP) is -0.394. The Labute approximate surface area is 97.5 Å². The molecule has 0 unspecified atom stereocenters. The van der Waals surface area contributed by atoms with Crippen LogP contribution in [0, 0.1) is 0 Å². The standard InChI is InChI=1S/C9H17F3N2O3/c1-17-5-3-14(2-4-15)8(16)6-13-7-9(10,11)12/h13,15H,2-7H2,1H3. The molecular formula is C9H17F3N2O3. The second-order valence-corrected chi connectivity index (χ2v) is 3.32. The summed E-state index contributed by atoms with van der Waals surface area (Å²) in [6.45, 7) is -1.28. The van der Waals surface area contributed by atoms with E-state index in [1.807, 2.05) is 5.32 Å². The number of hydrogen-bond donors (Lipinski definition) is 2. The van der Waals surface area contributed by atoms with Crippen LogP contribution >= 0.6 is 0 Å². The first-order valence-electron chi connectivity index (χ1n) is 5.05. The van der Waals surface area contributed by atoms with Gasteiger partial charge < -0.3 is 20.1 Å². The number of rotatable bonds is 8. The minimum absolute atomic E-state index is 0.0793. The third-order valence-electron chi connectivity index (χ3n) is 1.89. The maximum atomic E-state index is 11.8. The number of carbonyl (C=O) groups is 1. The van der Waals surface area contributed by atoms with Crippen molar-refractivity contribution in [3.63, 3.8) is 0 Å². The minimum atomic E-state index is -4.34. The van der Waals surface area contributed by atoms with Crippen molar-refractivity contribution >= 4 is 5.91 Å². The number of carbonyl (C=O) groups excluding carboxylic acids is 1. The maximum Gasteiger partial charge on any atom is 0.401 e. The summed E-state index contributed by atoms with van der Waals surface area (Å²) in [4.78, 5) is 12.7. The molecule has 0 aromatic heterocycles. The number of methoxy groups -OCH3 is 1. The quantitative estimate of drug-likeness (QED) is 0.622. The highest BCUT2D eigenvalue weighted by Gasteiger charge is 2.27. The fourth-order valence-corrected chi connectivity index (χ4v) is 1.11. The molecule has 0 fully saturated rings. The van der Waals surface area contributed by atoms with Crippen LogP contribution in [0.3, 0.4) is 0 Å². The van der Waals surface area contributed by atoms with Crippen LogP contribution in [0.15, 0.2) is 0 Å². The lowest BCUT2D eigenvalue weighted by Gasteiger charge is -2.21. The lowest BCUT2D eigenvalue weighted by Crippen LogP contribution is -2.43. The Hall–Kier alpha value is -0.860. The van der Waals surface area contributed by atoms with E-state index in [0.29, 0.717) is 0 Å². The fraction of sp³-hybridized carbons (Fsp3) is 0.889. The van der Waals surface area contributed by atoms with Crippen LogP contribution in [0.1, 0.15) is 0 Å². The molecule has 0 aliphatic heterocycles. The van der Waals surface area contributed by atoms with E-state index in [1.165, 1.54) is 12.0 Å². The van der Waals surface area contributed by atoms with Crippen LogP contribution < -0.4 is 5.32 Å². The van der Waals surface area contributed by atoms with Crippen LogP contribution in [0.5, 0.6) is 0 Å². The Morgan fingerprint density at radius 1 is 1.41 bits per heavy atom. The Kier molecular flexibility index (Phi) is 7.85. The number of nitrogens with one attached hydrogen (secondary N) is 1. The normalized spacial score (nSPS) is 11.6. The molecule has 0 radical (unpaired) electrons. The Bertz CT molecular complexity index is 224. The summed E-state index contributed by atoms with van der Waals surface area (Å²) in [5.74, 6) is -0.500. The van der Waals surface area contributed by atoms with E-state index in [4.69, 9.17) is 9.84 Å². The van der Waals surface area contributed by atoms with Gasteiger partial charge in [0.25, 0.3) is 0 Å². The van der Waals surface area contributed by atoms with Gasteiger partial charge in [-0.2, -0.15) is 13.2 Å². The molecule has 0 saturated heterocycles. The molecule has 0 aromatic carbocycles. The monoisotopic (exact) mass is 258 g/mol. The summed E-state index contributed by atoms with van der Waals surface area (Å²) in [7, 11) is 1.45. The topological polar surface area (TPSA) is 61.8 Å². The smallest absolute Gasteiger partial charge is 0.395 e. The van der Waals surface area contributed by atoms with Gasteiger partial charge in [-0.25, -0.2) is 0 Å². The van der Waals surface area contributed by atoms with Gasteiger partial charge >= 0.3 is 6.18 Å². The van der Waals surface area contributed by atoms with Gasteiger partial charge in [-0.15, -0.1) is 0 Å². The van der Waals surface area contributed by atoms with Crippen LogP contribution in [0.25, 0.3) is 0 Å². The number of nitrogens with zero attached hydrogens (tertiary/aromatic N) is 1. The first kappa shape index (κ1) is 16.1. The zero-order chi connectivity index (χ0) is 13.3. The van der Waals surface area contributed by atoms with E-state index in [-0.39, 0.29) is 26.3 Å². The fourth-order valence-electron chi connectivity index (χ4n) is 1.11. The molecule has 0 aromatic rings. The second kappa shape index (κ2) is 8.26. The molecule has 0 bridgehead atoms. The first-order valence-corrected chi connectivity index (χ1v) is 5.05. The van der Waals surface area contributed by atoms with Gasteiger partial charge in [0.05, 0.1) is 26.3 Å². The van der Waals surface area contributed by atoms with Crippen molar-refractivity contribution in [2.24, 2.45) is 0 Å². The lowest BCUT2D eigenvalue weighted by molar-refractivity contribution is -0.135. The number of hydrogen-bond acceptors (Lipinski definition) is 4. The SMILES string of the molecule is COCCN(CCO)C(=O)CNCC(F)(F)F. The van der Waals surface area contributed by atoms with Gasteiger partial charge in [0.15, 0.2) is 0 Å². The maximum absolute atomic E-state index is 11.8. The first-order chi connectivity index (χ1) is 7.90. The van der Waals surface area contributed by atoms with Crippen molar-refractivity contribution in [3.8, 4) is 0 Å². The molecule has 2 N–H and O–H groups in total. The average Bonchev–Trinajstić information content (AvgIpc) is 2.22. The number of aliphatic hydroxyl groups is 1. The second-order valence-electron chi connectivity index (χ2n) is 3.32. The summed E-state index contributed by atoms with van der Waals surface area (Å²) in [5.41, 5.74) is 0. The number of alkyl halides is 3. The van der Waals surface area contributed by atoms with Gasteiger partial charge in [0.2, 0.25) is 5.91 Å². The van der Waals surface area contributed by atoms with E-state index in [0.717, 1.165) is 0 Å². The van der Waals surface area contributed by atoms with Crippen molar-refractivity contribution in [2.45, 2.75) is 6.18 Å². The summed E-state index contributed by atoms with van der Waals surface area (Å²) < 4.78 is 40.2. The van der Waals surface area contributed by atoms with Crippen LogP contribution in [-0.2, 0) is 9.53 Å². The molecule has 0 rings (SSSR count). The van der Waals surface area contributed by atoms with Gasteiger partial charge in [0, 0.05) is 20.2 Å². The van der Waals surface area contributed by atoms with Crippen molar-refractivity contribution in [1.82, 2.24) is 10.2 Å². The van der Waals surface area contributed by atoms with Crippen molar-refractivity contribution in [2.75, 3.05) is 46.5 Å². The predicted molar refractivity (Wildman–Crippen MR) is 54.5 cm³/mol. The molecule has 0 heterocycles. The van der Waals surface area contributed by atoms with E-state index in [9.17, 15) is 18.0 Å². The summed E-state index contributed by atoms with van der Waals surface area (Å²) >= 11 is 0. The molecule has 17 heavy (non-hydrogen) atoms. The number of amides is 1. The Balaban J connectivity index is 3.96. The molecule has 8 heteroatoms. The number of aliphatic hydroxyl groups excluding tert-OH is 1. The molecule has 102 valence electrons. The van der Waals surface area contributed by atoms with Crippen molar-refractivity contribution < 1.29 is 27.8 Å². The molecule has 0 aliphatic carbocycles. The van der Waals surface area contributed by atoms with E-state index >= 15 is 0 Å². The Morgan fingerprint density at radius 3 is 2.53 bits per heavy atom. The van der Waals surface area contributed by atoms with Gasteiger partial charge in [-0.1, -0.05) is 0 Å². The van der Waals surface area contributed by atoms with E-state index in [1.54, 1.807) is 0 Å². The minimum Gasteiger partial charge on any atom is -0.395 e. The zero-order valence-electron chi connectivity index (χ0n) is 9.59. The summed E-state index contributed by atoms with van der Waals surface area (Å²) in [6, 6.07) is 0. The highest BCUT2D eigenvalue weighted by atomic mass is 19.4. The third-order valence-corrected chi connectivity index (χ3v) is 1.89. The molecule has 0 atom stereocenters. The van der Waals surface area contributed by atoms with Crippen LogP contribution in [0.2, 0.25) is 0 Å². The van der Waals surface area contributed by atoms with E-state index < -0.39 is 25.2 Å². The van der Waals surface area contributed by atoms with Crippen molar-refractivity contribution in [1.29, 1.82) is 0 Å². The highest BCUT2D eigenvalue weighted by Crippen LogP contribution is 2.11.